The summed E-state index contributed by atoms with van der Waals surface area (Å²) in [5.74, 6) is 0. The lowest BCUT2D eigenvalue weighted by Gasteiger charge is -2.38. The topological polar surface area (TPSA) is 38.5 Å². The van der Waals surface area contributed by atoms with Crippen molar-refractivity contribution in [3.63, 3.8) is 0 Å². The Bertz CT molecular complexity index is 585. The Hall–Kier alpha value is -1.84. The molecule has 0 radical (unpaired) electrons. The molecule has 110 valence electrons. The summed E-state index contributed by atoms with van der Waals surface area (Å²) >= 11 is 0. The van der Waals surface area contributed by atoms with E-state index in [2.05, 4.69) is 48.2 Å². The molecule has 2 unspecified atom stereocenters. The van der Waals surface area contributed by atoms with Crippen LogP contribution >= 0.6 is 0 Å². The smallest absolute Gasteiger partial charge is 0.0952 e. The van der Waals surface area contributed by atoms with Gasteiger partial charge in [0.05, 0.1) is 12.7 Å². The highest BCUT2D eigenvalue weighted by molar-refractivity contribution is 5.40. The van der Waals surface area contributed by atoms with E-state index in [1.54, 1.807) is 0 Å². The van der Waals surface area contributed by atoms with Gasteiger partial charge in [-0.1, -0.05) is 42.5 Å². The van der Waals surface area contributed by atoms with Gasteiger partial charge >= 0.3 is 0 Å². The number of anilines is 1. The largest absolute Gasteiger partial charge is 0.399 e. The maximum absolute atomic E-state index is 6.00. The number of nitrogens with zero attached hydrogens (tertiary/aromatic N) is 1. The second kappa shape index (κ2) is 6.29. The van der Waals surface area contributed by atoms with E-state index in [1.165, 1.54) is 11.1 Å². The Kier molecular flexibility index (Phi) is 4.23. The summed E-state index contributed by atoms with van der Waals surface area (Å²) in [5.41, 5.74) is 9.21. The number of rotatable bonds is 3. The number of nitrogens with two attached hydrogens (primary N) is 1. The van der Waals surface area contributed by atoms with Crippen molar-refractivity contribution in [1.82, 2.24) is 4.90 Å². The Morgan fingerprint density at radius 1 is 1.14 bits per heavy atom. The fourth-order valence-corrected chi connectivity index (χ4v) is 2.82. The number of nitrogen functional groups attached to an aromatic ring is 1. The first-order valence-electron chi connectivity index (χ1n) is 7.47. The van der Waals surface area contributed by atoms with Crippen molar-refractivity contribution < 1.29 is 4.74 Å². The van der Waals surface area contributed by atoms with Gasteiger partial charge in [0.15, 0.2) is 0 Å². The molecule has 0 spiro atoms. The van der Waals surface area contributed by atoms with Gasteiger partial charge in [0, 0.05) is 24.8 Å². The Balaban J connectivity index is 1.72. The highest BCUT2D eigenvalue weighted by Crippen LogP contribution is 2.26. The molecule has 21 heavy (non-hydrogen) atoms. The molecule has 2 atom stereocenters. The lowest BCUT2D eigenvalue weighted by Crippen LogP contribution is -2.44. The standard InChI is InChI=1S/C18H22N2O/c1-14-13-21-18(16-7-3-2-4-8-16)12-20(14)11-15-6-5-9-17(19)10-15/h2-10,14,18H,11-13,19H2,1H3. The predicted octanol–water partition coefficient (Wildman–Crippen LogP) is 3.23. The van der Waals surface area contributed by atoms with Gasteiger partial charge in [-0.2, -0.15) is 0 Å². The Labute approximate surface area is 126 Å². The quantitative estimate of drug-likeness (QED) is 0.878. The maximum atomic E-state index is 6.00. The van der Waals surface area contributed by atoms with Crippen LogP contribution in [0.15, 0.2) is 54.6 Å². The van der Waals surface area contributed by atoms with Crippen LogP contribution in [0.3, 0.4) is 0 Å². The van der Waals surface area contributed by atoms with Crippen molar-refractivity contribution in [3.05, 3.63) is 65.7 Å². The van der Waals surface area contributed by atoms with Crippen molar-refractivity contribution >= 4 is 5.69 Å². The van der Waals surface area contributed by atoms with Crippen LogP contribution < -0.4 is 5.73 Å². The van der Waals surface area contributed by atoms with Crippen molar-refractivity contribution in [2.24, 2.45) is 0 Å². The molecule has 3 heteroatoms. The summed E-state index contributed by atoms with van der Waals surface area (Å²) in [6.45, 7) is 4.81. The fraction of sp³-hybridized carbons (Fsp3) is 0.333. The zero-order chi connectivity index (χ0) is 14.7. The molecule has 0 amide bonds. The van der Waals surface area contributed by atoms with Crippen LogP contribution in [0.25, 0.3) is 0 Å². The first kappa shape index (κ1) is 14.1. The van der Waals surface area contributed by atoms with E-state index in [1.807, 2.05) is 18.2 Å². The lowest BCUT2D eigenvalue weighted by molar-refractivity contribution is -0.0633. The van der Waals surface area contributed by atoms with Crippen LogP contribution in [0.4, 0.5) is 5.69 Å². The lowest BCUT2D eigenvalue weighted by atomic mass is 10.1. The van der Waals surface area contributed by atoms with Gasteiger partial charge in [0.25, 0.3) is 0 Å². The van der Waals surface area contributed by atoms with Gasteiger partial charge in [-0.15, -0.1) is 0 Å². The molecule has 0 aromatic heterocycles. The van der Waals surface area contributed by atoms with Crippen molar-refractivity contribution in [1.29, 1.82) is 0 Å². The van der Waals surface area contributed by atoms with Crippen LogP contribution in [0, 0.1) is 0 Å². The molecule has 0 saturated carbocycles. The summed E-state index contributed by atoms with van der Waals surface area (Å²) in [4.78, 5) is 2.47. The zero-order valence-electron chi connectivity index (χ0n) is 12.4. The summed E-state index contributed by atoms with van der Waals surface area (Å²) in [6.07, 6.45) is 0.156. The van der Waals surface area contributed by atoms with Gasteiger partial charge in [-0.3, -0.25) is 4.90 Å². The molecule has 1 saturated heterocycles. The van der Waals surface area contributed by atoms with Crippen molar-refractivity contribution in [2.45, 2.75) is 25.6 Å². The SMILES string of the molecule is CC1COC(c2ccccc2)CN1Cc1cccc(N)c1. The first-order valence-corrected chi connectivity index (χ1v) is 7.47. The van der Waals surface area contributed by atoms with E-state index in [0.29, 0.717) is 6.04 Å². The molecule has 0 aliphatic carbocycles. The van der Waals surface area contributed by atoms with Crippen molar-refractivity contribution in [3.8, 4) is 0 Å². The minimum absolute atomic E-state index is 0.156. The number of hydrogen-bond donors (Lipinski definition) is 1. The highest BCUT2D eigenvalue weighted by atomic mass is 16.5. The van der Waals surface area contributed by atoms with Gasteiger partial charge in [0.1, 0.15) is 0 Å². The van der Waals surface area contributed by atoms with Crippen LogP contribution in [0.5, 0.6) is 0 Å². The third-order valence-corrected chi connectivity index (χ3v) is 4.07. The van der Waals surface area contributed by atoms with Gasteiger partial charge in [0.2, 0.25) is 0 Å². The molecule has 1 fully saturated rings. The fourth-order valence-electron chi connectivity index (χ4n) is 2.82. The van der Waals surface area contributed by atoms with E-state index in [4.69, 9.17) is 10.5 Å². The predicted molar refractivity (Wildman–Crippen MR) is 85.9 cm³/mol. The zero-order valence-corrected chi connectivity index (χ0v) is 12.4. The van der Waals surface area contributed by atoms with E-state index < -0.39 is 0 Å². The monoisotopic (exact) mass is 282 g/mol. The normalized spacial score (nSPS) is 23.1. The van der Waals surface area contributed by atoms with Gasteiger partial charge in [-0.25, -0.2) is 0 Å². The third kappa shape index (κ3) is 3.43. The molecule has 2 aromatic rings. The number of benzene rings is 2. The minimum atomic E-state index is 0.156. The second-order valence-corrected chi connectivity index (χ2v) is 5.76. The molecule has 2 N–H and O–H groups in total. The maximum Gasteiger partial charge on any atom is 0.0952 e. The average Bonchev–Trinajstić information content (AvgIpc) is 2.50. The van der Waals surface area contributed by atoms with Crippen molar-refractivity contribution in [2.75, 3.05) is 18.9 Å². The Morgan fingerprint density at radius 2 is 1.95 bits per heavy atom. The van der Waals surface area contributed by atoms with Crippen LogP contribution in [-0.2, 0) is 11.3 Å². The van der Waals surface area contributed by atoms with E-state index in [9.17, 15) is 0 Å². The molecule has 0 bridgehead atoms. The first-order chi connectivity index (χ1) is 10.2. The van der Waals surface area contributed by atoms with Crippen LogP contribution in [0.1, 0.15) is 24.2 Å². The van der Waals surface area contributed by atoms with Crippen LogP contribution in [0.2, 0.25) is 0 Å². The van der Waals surface area contributed by atoms with E-state index in [0.717, 1.165) is 25.4 Å². The molecule has 1 heterocycles. The molecule has 2 aromatic carbocycles. The molecule has 3 rings (SSSR count). The molecular weight excluding hydrogens is 260 g/mol. The summed E-state index contributed by atoms with van der Waals surface area (Å²) in [5, 5.41) is 0. The average molecular weight is 282 g/mol. The third-order valence-electron chi connectivity index (χ3n) is 4.07. The number of hydrogen-bond acceptors (Lipinski definition) is 3. The van der Waals surface area contributed by atoms with E-state index in [-0.39, 0.29) is 6.10 Å². The van der Waals surface area contributed by atoms with Gasteiger partial charge in [-0.05, 0) is 30.2 Å². The highest BCUT2D eigenvalue weighted by Gasteiger charge is 2.26. The minimum Gasteiger partial charge on any atom is -0.399 e. The number of morpholine rings is 1. The summed E-state index contributed by atoms with van der Waals surface area (Å²) in [6, 6.07) is 19.0. The molecule has 1 aliphatic heterocycles. The van der Waals surface area contributed by atoms with Crippen LogP contribution in [-0.4, -0.2) is 24.1 Å². The van der Waals surface area contributed by atoms with Gasteiger partial charge < -0.3 is 10.5 Å². The molecule has 3 nitrogen and oxygen atoms in total. The number of ether oxygens (including phenoxy) is 1. The Morgan fingerprint density at radius 3 is 2.71 bits per heavy atom. The molecular formula is C18H22N2O. The second-order valence-electron chi connectivity index (χ2n) is 5.76. The molecule has 1 aliphatic rings. The summed E-state index contributed by atoms with van der Waals surface area (Å²) in [7, 11) is 0. The summed E-state index contributed by atoms with van der Waals surface area (Å²) < 4.78 is 6.00. The van der Waals surface area contributed by atoms with E-state index >= 15 is 0 Å².